The Bertz CT molecular complexity index is 699. The van der Waals surface area contributed by atoms with E-state index < -0.39 is 5.97 Å². The summed E-state index contributed by atoms with van der Waals surface area (Å²) in [6.45, 7) is 0.515. The van der Waals surface area contributed by atoms with E-state index in [1.807, 2.05) is 18.2 Å². The zero-order chi connectivity index (χ0) is 19.3. The lowest BCUT2D eigenvalue weighted by atomic mass is 10.0. The van der Waals surface area contributed by atoms with Crippen LogP contribution in [0.15, 0.2) is 54.6 Å². The molecule has 0 fully saturated rings. The quantitative estimate of drug-likeness (QED) is 0.500. The molecule has 0 radical (unpaired) electrons. The molecular weight excluding hydrogens is 340 g/mol. The van der Waals surface area contributed by atoms with Crippen molar-refractivity contribution in [2.24, 2.45) is 0 Å². The molecule has 0 aliphatic carbocycles. The first-order valence-corrected chi connectivity index (χ1v) is 9.42. The number of benzene rings is 2. The number of aryl methyl sites for hydroxylation is 2. The fourth-order valence-electron chi connectivity index (χ4n) is 2.74. The summed E-state index contributed by atoms with van der Waals surface area (Å²) >= 11 is 0. The normalized spacial score (nSPS) is 10.4. The molecule has 0 atom stereocenters. The molecule has 144 valence electrons. The predicted octanol–water partition coefficient (Wildman–Crippen LogP) is 2.98. The standard InChI is InChI=1S/C22H28N2O3/c1-23-16-15-22(26)27-24-21(25)17-20-13-11-19(12-14-20)10-6-5-9-18-7-3-2-4-8-18/h2-4,7-8,11-14,23H,5-6,9-10,15-17H2,1H3,(H,24,25). The molecule has 5 heteroatoms. The molecular formula is C22H28N2O3. The molecule has 2 rings (SSSR count). The van der Waals surface area contributed by atoms with E-state index in [1.54, 1.807) is 7.05 Å². The molecule has 27 heavy (non-hydrogen) atoms. The van der Waals surface area contributed by atoms with Crippen LogP contribution < -0.4 is 10.8 Å². The Morgan fingerprint density at radius 3 is 2.07 bits per heavy atom. The predicted molar refractivity (Wildman–Crippen MR) is 106 cm³/mol. The van der Waals surface area contributed by atoms with Crippen molar-refractivity contribution in [3.05, 3.63) is 71.3 Å². The maximum Gasteiger partial charge on any atom is 0.333 e. The minimum atomic E-state index is -0.455. The highest BCUT2D eigenvalue weighted by Crippen LogP contribution is 2.11. The van der Waals surface area contributed by atoms with Crippen LogP contribution in [0.25, 0.3) is 0 Å². The van der Waals surface area contributed by atoms with Gasteiger partial charge in [-0.05, 0) is 49.4 Å². The largest absolute Gasteiger partial charge is 0.341 e. The zero-order valence-electron chi connectivity index (χ0n) is 15.9. The van der Waals surface area contributed by atoms with Gasteiger partial charge in [-0.1, -0.05) is 54.6 Å². The second-order valence-electron chi connectivity index (χ2n) is 6.54. The summed E-state index contributed by atoms with van der Waals surface area (Å²) in [5, 5.41) is 2.84. The first-order chi connectivity index (χ1) is 13.2. The summed E-state index contributed by atoms with van der Waals surface area (Å²) in [7, 11) is 1.75. The highest BCUT2D eigenvalue weighted by molar-refractivity contribution is 5.79. The monoisotopic (exact) mass is 368 g/mol. The Hall–Kier alpha value is -2.66. The third kappa shape index (κ3) is 8.51. The molecule has 0 heterocycles. The molecule has 1 amide bonds. The summed E-state index contributed by atoms with van der Waals surface area (Å²) < 4.78 is 0. The molecule has 5 nitrogen and oxygen atoms in total. The van der Waals surface area contributed by atoms with Gasteiger partial charge in [0, 0.05) is 6.54 Å². The smallest absolute Gasteiger partial charge is 0.333 e. The van der Waals surface area contributed by atoms with Crippen LogP contribution in [0, 0.1) is 0 Å². The Balaban J connectivity index is 1.65. The van der Waals surface area contributed by atoms with E-state index in [1.165, 1.54) is 11.1 Å². The number of hydroxylamine groups is 1. The van der Waals surface area contributed by atoms with Gasteiger partial charge in [-0.2, -0.15) is 5.48 Å². The van der Waals surface area contributed by atoms with Crippen LogP contribution in [0.5, 0.6) is 0 Å². The number of unbranched alkanes of at least 4 members (excludes halogenated alkanes) is 1. The Kier molecular flexibility index (Phi) is 9.07. The molecule has 0 bridgehead atoms. The fourth-order valence-corrected chi connectivity index (χ4v) is 2.74. The van der Waals surface area contributed by atoms with Gasteiger partial charge in [-0.3, -0.25) is 4.79 Å². The highest BCUT2D eigenvalue weighted by atomic mass is 16.7. The zero-order valence-corrected chi connectivity index (χ0v) is 15.9. The molecule has 0 unspecified atom stereocenters. The van der Waals surface area contributed by atoms with Gasteiger partial charge in [0.2, 0.25) is 0 Å². The van der Waals surface area contributed by atoms with E-state index in [0.29, 0.717) is 6.54 Å². The molecule has 0 aliphatic heterocycles. The van der Waals surface area contributed by atoms with Crippen LogP contribution in [-0.4, -0.2) is 25.5 Å². The van der Waals surface area contributed by atoms with Gasteiger partial charge in [0.1, 0.15) is 0 Å². The maximum atomic E-state index is 11.8. The van der Waals surface area contributed by atoms with E-state index in [4.69, 9.17) is 4.84 Å². The van der Waals surface area contributed by atoms with Crippen molar-refractivity contribution in [2.45, 2.75) is 38.5 Å². The van der Waals surface area contributed by atoms with Gasteiger partial charge in [0.25, 0.3) is 5.91 Å². The lowest BCUT2D eigenvalue weighted by Crippen LogP contribution is -2.29. The van der Waals surface area contributed by atoms with Gasteiger partial charge in [-0.25, -0.2) is 4.79 Å². The number of hydrogen-bond donors (Lipinski definition) is 2. The Morgan fingerprint density at radius 1 is 0.852 bits per heavy atom. The number of amides is 1. The van der Waals surface area contributed by atoms with Crippen LogP contribution in [0.1, 0.15) is 36.0 Å². The Labute approximate surface area is 161 Å². The van der Waals surface area contributed by atoms with Gasteiger partial charge >= 0.3 is 5.97 Å². The van der Waals surface area contributed by atoms with Crippen LogP contribution in [0.3, 0.4) is 0 Å². The number of hydrogen-bond acceptors (Lipinski definition) is 4. The third-order valence-corrected chi connectivity index (χ3v) is 4.27. The van der Waals surface area contributed by atoms with Crippen molar-refractivity contribution < 1.29 is 14.4 Å². The summed E-state index contributed by atoms with van der Waals surface area (Å²) in [6.07, 6.45) is 4.84. The minimum Gasteiger partial charge on any atom is -0.341 e. The second-order valence-corrected chi connectivity index (χ2v) is 6.54. The van der Waals surface area contributed by atoms with E-state index in [-0.39, 0.29) is 18.7 Å². The van der Waals surface area contributed by atoms with Gasteiger partial charge in [0.15, 0.2) is 0 Å². The summed E-state index contributed by atoms with van der Waals surface area (Å²) in [5.41, 5.74) is 5.74. The van der Waals surface area contributed by atoms with Crippen molar-refractivity contribution >= 4 is 11.9 Å². The van der Waals surface area contributed by atoms with Crippen LogP contribution in [-0.2, 0) is 33.7 Å². The van der Waals surface area contributed by atoms with E-state index in [9.17, 15) is 9.59 Å². The van der Waals surface area contributed by atoms with E-state index in [2.05, 4.69) is 47.2 Å². The second kappa shape index (κ2) is 11.9. The average molecular weight is 368 g/mol. The van der Waals surface area contributed by atoms with Crippen LogP contribution in [0.2, 0.25) is 0 Å². The van der Waals surface area contributed by atoms with Crippen LogP contribution in [0.4, 0.5) is 0 Å². The van der Waals surface area contributed by atoms with Crippen molar-refractivity contribution in [1.29, 1.82) is 0 Å². The lowest BCUT2D eigenvalue weighted by molar-refractivity contribution is -0.157. The van der Waals surface area contributed by atoms with E-state index >= 15 is 0 Å². The highest BCUT2D eigenvalue weighted by Gasteiger charge is 2.07. The van der Waals surface area contributed by atoms with Crippen molar-refractivity contribution in [3.63, 3.8) is 0 Å². The van der Waals surface area contributed by atoms with Gasteiger partial charge in [-0.15, -0.1) is 0 Å². The molecule has 0 spiro atoms. The topological polar surface area (TPSA) is 67.4 Å². The van der Waals surface area contributed by atoms with Crippen molar-refractivity contribution in [3.8, 4) is 0 Å². The first-order valence-electron chi connectivity index (χ1n) is 9.42. The summed E-state index contributed by atoms with van der Waals surface area (Å²) in [5.74, 6) is -0.785. The van der Waals surface area contributed by atoms with Crippen LogP contribution >= 0.6 is 0 Å². The van der Waals surface area contributed by atoms with E-state index in [0.717, 1.165) is 31.2 Å². The number of nitrogens with one attached hydrogen (secondary N) is 2. The average Bonchev–Trinajstić information content (AvgIpc) is 2.70. The Morgan fingerprint density at radius 2 is 1.44 bits per heavy atom. The maximum absolute atomic E-state index is 11.8. The number of rotatable bonds is 10. The first kappa shape index (κ1) is 20.6. The molecule has 2 N–H and O–H groups in total. The molecule has 0 saturated heterocycles. The van der Waals surface area contributed by atoms with Gasteiger partial charge in [0.05, 0.1) is 12.8 Å². The summed E-state index contributed by atoms with van der Waals surface area (Å²) in [6, 6.07) is 18.5. The minimum absolute atomic E-state index is 0.188. The molecule has 0 aromatic heterocycles. The van der Waals surface area contributed by atoms with Gasteiger partial charge < -0.3 is 10.2 Å². The number of carbonyl (C=O) groups excluding carboxylic acids is 2. The fraction of sp³-hybridized carbons (Fsp3) is 0.364. The molecule has 0 aliphatic rings. The molecule has 2 aromatic rings. The molecule has 0 saturated carbocycles. The SMILES string of the molecule is CNCCC(=O)ONC(=O)Cc1ccc(CCCCc2ccccc2)cc1. The third-order valence-electron chi connectivity index (χ3n) is 4.27. The van der Waals surface area contributed by atoms with Crippen molar-refractivity contribution in [2.75, 3.05) is 13.6 Å². The summed E-state index contributed by atoms with van der Waals surface area (Å²) in [4.78, 5) is 27.9. The van der Waals surface area contributed by atoms with Crippen molar-refractivity contribution in [1.82, 2.24) is 10.8 Å². The molecule has 2 aromatic carbocycles. The lowest BCUT2D eigenvalue weighted by Gasteiger charge is -2.07. The number of carbonyl (C=O) groups is 2.